The van der Waals surface area contributed by atoms with Crippen molar-refractivity contribution in [3.05, 3.63) is 11.9 Å². The van der Waals surface area contributed by atoms with E-state index in [4.69, 9.17) is 0 Å². The van der Waals surface area contributed by atoms with Crippen molar-refractivity contribution in [3.63, 3.8) is 0 Å². The first-order valence-electron chi connectivity index (χ1n) is 8.01. The number of nitrogens with one attached hydrogen (secondary N) is 2. The zero-order chi connectivity index (χ0) is 14.1. The third kappa shape index (κ3) is 2.36. The van der Waals surface area contributed by atoms with E-state index in [0.29, 0.717) is 6.04 Å². The molecule has 0 amide bonds. The van der Waals surface area contributed by atoms with Gasteiger partial charge in [-0.3, -0.25) is 0 Å². The van der Waals surface area contributed by atoms with Gasteiger partial charge in [-0.15, -0.1) is 0 Å². The zero-order valence-electron chi connectivity index (χ0n) is 12.8. The first-order chi connectivity index (χ1) is 9.72. The summed E-state index contributed by atoms with van der Waals surface area (Å²) in [6.07, 6.45) is 8.37. The van der Waals surface area contributed by atoms with Crippen molar-refractivity contribution in [1.29, 1.82) is 0 Å². The first-order valence-corrected chi connectivity index (χ1v) is 8.01. The second-order valence-corrected chi connectivity index (χ2v) is 6.42. The minimum atomic E-state index is 0.509. The maximum absolute atomic E-state index is 4.47. The third-order valence-corrected chi connectivity index (χ3v) is 5.34. The lowest BCUT2D eigenvalue weighted by Gasteiger charge is -2.29. The van der Waals surface area contributed by atoms with E-state index in [2.05, 4.69) is 34.4 Å². The fourth-order valence-corrected chi connectivity index (χ4v) is 4.32. The van der Waals surface area contributed by atoms with Crippen molar-refractivity contribution in [2.45, 2.75) is 52.0 Å². The summed E-state index contributed by atoms with van der Waals surface area (Å²) in [5.41, 5.74) is 1.20. The predicted octanol–water partition coefficient (Wildman–Crippen LogP) is 3.32. The van der Waals surface area contributed by atoms with Crippen LogP contribution in [0.4, 0.5) is 11.6 Å². The topological polar surface area (TPSA) is 49.8 Å². The summed E-state index contributed by atoms with van der Waals surface area (Å²) in [6, 6.07) is 0.509. The molecular formula is C16H26N4. The van der Waals surface area contributed by atoms with Crippen LogP contribution in [0.25, 0.3) is 0 Å². The van der Waals surface area contributed by atoms with Gasteiger partial charge in [0.05, 0.1) is 0 Å². The molecule has 2 bridgehead atoms. The van der Waals surface area contributed by atoms with Gasteiger partial charge in [0, 0.05) is 18.7 Å². The molecule has 20 heavy (non-hydrogen) atoms. The van der Waals surface area contributed by atoms with E-state index in [9.17, 15) is 0 Å². The summed E-state index contributed by atoms with van der Waals surface area (Å²) in [6.45, 7) is 4.48. The van der Waals surface area contributed by atoms with Gasteiger partial charge in [0.15, 0.2) is 0 Å². The summed E-state index contributed by atoms with van der Waals surface area (Å²) < 4.78 is 0. The van der Waals surface area contributed by atoms with Gasteiger partial charge in [-0.1, -0.05) is 13.3 Å². The smallest absolute Gasteiger partial charge is 0.134 e. The molecule has 0 aromatic carbocycles. The maximum Gasteiger partial charge on any atom is 0.134 e. The van der Waals surface area contributed by atoms with E-state index in [1.54, 1.807) is 6.33 Å². The summed E-state index contributed by atoms with van der Waals surface area (Å²) in [4.78, 5) is 8.78. The van der Waals surface area contributed by atoms with Crippen LogP contribution in [0.1, 0.15) is 45.1 Å². The highest BCUT2D eigenvalue weighted by molar-refractivity contribution is 5.57. The van der Waals surface area contributed by atoms with E-state index in [-0.39, 0.29) is 0 Å². The van der Waals surface area contributed by atoms with Crippen molar-refractivity contribution in [2.24, 2.45) is 17.8 Å². The van der Waals surface area contributed by atoms with Crippen LogP contribution < -0.4 is 10.6 Å². The lowest BCUT2D eigenvalue weighted by molar-refractivity contribution is 0.304. The van der Waals surface area contributed by atoms with E-state index in [1.807, 2.05) is 7.05 Å². The second-order valence-electron chi connectivity index (χ2n) is 6.42. The van der Waals surface area contributed by atoms with Gasteiger partial charge in [-0.25, -0.2) is 9.97 Å². The molecular weight excluding hydrogens is 248 g/mol. The van der Waals surface area contributed by atoms with Crippen LogP contribution in [0, 0.1) is 17.8 Å². The summed E-state index contributed by atoms with van der Waals surface area (Å²) >= 11 is 0. The molecule has 0 saturated heterocycles. The van der Waals surface area contributed by atoms with Gasteiger partial charge in [0.1, 0.15) is 18.0 Å². The van der Waals surface area contributed by atoms with Gasteiger partial charge in [-0.05, 0) is 50.4 Å². The Labute approximate surface area is 121 Å². The lowest BCUT2D eigenvalue weighted by atomic mass is 9.84. The molecule has 0 radical (unpaired) electrons. The molecule has 2 aliphatic rings. The molecule has 4 unspecified atom stereocenters. The van der Waals surface area contributed by atoms with Gasteiger partial charge in [0.25, 0.3) is 0 Å². The average Bonchev–Trinajstić information content (AvgIpc) is 3.09. The fraction of sp³-hybridized carbons (Fsp3) is 0.750. The Kier molecular flexibility index (Phi) is 3.81. The van der Waals surface area contributed by atoms with Gasteiger partial charge < -0.3 is 10.6 Å². The van der Waals surface area contributed by atoms with Crippen LogP contribution in [0.2, 0.25) is 0 Å². The van der Waals surface area contributed by atoms with Crippen molar-refractivity contribution in [2.75, 3.05) is 17.7 Å². The van der Waals surface area contributed by atoms with Crippen molar-refractivity contribution < 1.29 is 0 Å². The molecule has 4 nitrogen and oxygen atoms in total. The number of hydrogen-bond acceptors (Lipinski definition) is 4. The molecule has 1 heterocycles. The highest BCUT2D eigenvalue weighted by Gasteiger charge is 2.41. The molecule has 110 valence electrons. The quantitative estimate of drug-likeness (QED) is 0.865. The maximum atomic E-state index is 4.47. The Morgan fingerprint density at radius 3 is 2.65 bits per heavy atom. The first kappa shape index (κ1) is 13.7. The normalized spacial score (nSPS) is 29.4. The molecule has 4 atom stereocenters. The predicted molar refractivity (Wildman–Crippen MR) is 83.0 cm³/mol. The Morgan fingerprint density at radius 1 is 1.25 bits per heavy atom. The highest BCUT2D eigenvalue weighted by atomic mass is 15.1. The van der Waals surface area contributed by atoms with Crippen molar-refractivity contribution in [1.82, 2.24) is 9.97 Å². The molecule has 4 heteroatoms. The van der Waals surface area contributed by atoms with Crippen LogP contribution in [-0.2, 0) is 6.42 Å². The number of fused-ring (bicyclic) bond motifs is 2. The van der Waals surface area contributed by atoms with Crippen molar-refractivity contribution >= 4 is 11.6 Å². The van der Waals surface area contributed by atoms with E-state index in [0.717, 1.165) is 35.8 Å². The van der Waals surface area contributed by atoms with E-state index in [1.165, 1.54) is 31.2 Å². The zero-order valence-corrected chi connectivity index (χ0v) is 12.8. The Hall–Kier alpha value is -1.32. The largest absolute Gasteiger partial charge is 0.373 e. The number of nitrogens with zero attached hydrogens (tertiary/aromatic N) is 2. The summed E-state index contributed by atoms with van der Waals surface area (Å²) in [7, 11) is 1.92. The van der Waals surface area contributed by atoms with Crippen LogP contribution in [-0.4, -0.2) is 23.1 Å². The fourth-order valence-electron chi connectivity index (χ4n) is 4.32. The number of rotatable bonds is 5. The average molecular weight is 274 g/mol. The molecule has 0 spiro atoms. The molecule has 2 fully saturated rings. The SMILES string of the molecule is CCc1c(NC)ncnc1NC(C)C1CC2CCC1C2. The van der Waals surface area contributed by atoms with Crippen molar-refractivity contribution in [3.8, 4) is 0 Å². The van der Waals surface area contributed by atoms with Gasteiger partial charge >= 0.3 is 0 Å². The lowest BCUT2D eigenvalue weighted by Crippen LogP contribution is -2.30. The van der Waals surface area contributed by atoms with E-state index >= 15 is 0 Å². The van der Waals surface area contributed by atoms with Crippen LogP contribution in [0.3, 0.4) is 0 Å². The minimum Gasteiger partial charge on any atom is -0.373 e. The summed E-state index contributed by atoms with van der Waals surface area (Å²) in [5, 5.41) is 6.84. The van der Waals surface area contributed by atoms with Crippen LogP contribution >= 0.6 is 0 Å². The van der Waals surface area contributed by atoms with Gasteiger partial charge in [0.2, 0.25) is 0 Å². The Balaban J connectivity index is 1.74. The summed E-state index contributed by atoms with van der Waals surface area (Å²) in [5.74, 6) is 4.73. The Morgan fingerprint density at radius 2 is 2.05 bits per heavy atom. The van der Waals surface area contributed by atoms with Crippen LogP contribution in [0.15, 0.2) is 6.33 Å². The standard InChI is InChI=1S/C16H26N4/c1-4-13-15(17-3)18-9-19-16(13)20-10(2)14-8-11-5-6-12(14)7-11/h9-12,14H,4-8H2,1-3H3,(H2,17,18,19,20). The number of anilines is 2. The Bertz CT molecular complexity index is 474. The molecule has 1 aromatic rings. The molecule has 2 saturated carbocycles. The number of hydrogen-bond donors (Lipinski definition) is 2. The monoisotopic (exact) mass is 274 g/mol. The van der Waals surface area contributed by atoms with Gasteiger partial charge in [-0.2, -0.15) is 0 Å². The third-order valence-electron chi connectivity index (χ3n) is 5.34. The van der Waals surface area contributed by atoms with Crippen LogP contribution in [0.5, 0.6) is 0 Å². The minimum absolute atomic E-state index is 0.509. The number of aromatic nitrogens is 2. The highest BCUT2D eigenvalue weighted by Crippen LogP contribution is 2.49. The van der Waals surface area contributed by atoms with E-state index < -0.39 is 0 Å². The molecule has 0 aliphatic heterocycles. The second kappa shape index (κ2) is 5.58. The molecule has 3 rings (SSSR count). The molecule has 2 N–H and O–H groups in total. The molecule has 2 aliphatic carbocycles. The molecule has 1 aromatic heterocycles.